The zero-order valence-corrected chi connectivity index (χ0v) is 20.7. The largest absolute Gasteiger partial charge is 2.00 e. The van der Waals surface area contributed by atoms with Gasteiger partial charge in [-0.05, 0) is 12.8 Å². The van der Waals surface area contributed by atoms with Crippen molar-refractivity contribution in [1.82, 2.24) is 0 Å². The summed E-state index contributed by atoms with van der Waals surface area (Å²) in [5.74, 6) is -2.93. The van der Waals surface area contributed by atoms with Crippen molar-refractivity contribution in [3.8, 4) is 0 Å². The van der Waals surface area contributed by atoms with Crippen molar-refractivity contribution in [3.05, 3.63) is 0 Å². The number of rotatable bonds is 21. The van der Waals surface area contributed by atoms with Crippen LogP contribution in [0.5, 0.6) is 0 Å². The molecule has 0 aromatic rings. The summed E-state index contributed by atoms with van der Waals surface area (Å²) in [7, 11) is 0. The SMILES string of the molecule is CCCCCCCCCCCCC(CCCCCCCCC)(C(=O)[O-])C(=O)[O-].[Mg+2]. The molecule has 0 aliphatic rings. The molecule has 0 saturated heterocycles. The summed E-state index contributed by atoms with van der Waals surface area (Å²) >= 11 is 0. The molecule has 0 spiro atoms. The first-order chi connectivity index (χ1) is 13.5. The Morgan fingerprint density at radius 1 is 0.517 bits per heavy atom. The van der Waals surface area contributed by atoms with E-state index in [-0.39, 0.29) is 35.9 Å². The van der Waals surface area contributed by atoms with Gasteiger partial charge in [-0.15, -0.1) is 0 Å². The van der Waals surface area contributed by atoms with Crippen LogP contribution >= 0.6 is 0 Å². The molecule has 0 unspecified atom stereocenters. The van der Waals surface area contributed by atoms with Gasteiger partial charge in [0, 0.05) is 5.41 Å². The van der Waals surface area contributed by atoms with Crippen LogP contribution in [0.4, 0.5) is 0 Å². The monoisotopic (exact) mass is 420 g/mol. The van der Waals surface area contributed by atoms with Crippen molar-refractivity contribution in [1.29, 1.82) is 0 Å². The van der Waals surface area contributed by atoms with Gasteiger partial charge in [0.05, 0.1) is 11.9 Å². The van der Waals surface area contributed by atoms with Crippen molar-refractivity contribution < 1.29 is 19.8 Å². The predicted octanol–water partition coefficient (Wildman–Crippen LogP) is 4.54. The van der Waals surface area contributed by atoms with Gasteiger partial charge < -0.3 is 19.8 Å². The minimum Gasteiger partial charge on any atom is -0.549 e. The Morgan fingerprint density at radius 3 is 1.00 bits per heavy atom. The van der Waals surface area contributed by atoms with Crippen LogP contribution in [0.15, 0.2) is 0 Å². The van der Waals surface area contributed by atoms with E-state index in [0.29, 0.717) is 12.8 Å². The predicted molar refractivity (Wildman–Crippen MR) is 117 cm³/mol. The molecule has 0 fully saturated rings. The van der Waals surface area contributed by atoms with Gasteiger partial charge in [0.1, 0.15) is 0 Å². The van der Waals surface area contributed by atoms with Crippen LogP contribution in [0, 0.1) is 5.41 Å². The molecule has 0 rings (SSSR count). The molecule has 0 radical (unpaired) electrons. The fraction of sp³-hybridized carbons (Fsp3) is 0.917. The second-order valence-corrected chi connectivity index (χ2v) is 8.46. The maximum Gasteiger partial charge on any atom is 2.00 e. The van der Waals surface area contributed by atoms with E-state index in [0.717, 1.165) is 38.5 Å². The molecule has 0 aliphatic heterocycles. The van der Waals surface area contributed by atoms with Crippen molar-refractivity contribution in [3.63, 3.8) is 0 Å². The van der Waals surface area contributed by atoms with Crippen molar-refractivity contribution in [2.45, 2.75) is 136 Å². The van der Waals surface area contributed by atoms with Gasteiger partial charge in [0.25, 0.3) is 0 Å². The second-order valence-electron chi connectivity index (χ2n) is 8.46. The van der Waals surface area contributed by atoms with E-state index < -0.39 is 17.4 Å². The third kappa shape index (κ3) is 15.2. The number of carbonyl (C=O) groups is 2. The zero-order chi connectivity index (χ0) is 21.1. The number of carbonyl (C=O) groups excluding carboxylic acids is 2. The fourth-order valence-corrected chi connectivity index (χ4v) is 3.91. The summed E-state index contributed by atoms with van der Waals surface area (Å²) in [5, 5.41) is 23.3. The Kier molecular flexibility index (Phi) is 22.3. The molecule has 5 heteroatoms. The fourth-order valence-electron chi connectivity index (χ4n) is 3.91. The van der Waals surface area contributed by atoms with E-state index >= 15 is 0 Å². The third-order valence-corrected chi connectivity index (χ3v) is 5.95. The van der Waals surface area contributed by atoms with Crippen LogP contribution in [0.25, 0.3) is 0 Å². The van der Waals surface area contributed by atoms with Crippen molar-refractivity contribution in [2.24, 2.45) is 5.41 Å². The molecular formula is C24H44MgO4. The average Bonchev–Trinajstić information content (AvgIpc) is 2.66. The van der Waals surface area contributed by atoms with Gasteiger partial charge in [0.2, 0.25) is 0 Å². The van der Waals surface area contributed by atoms with Gasteiger partial charge in [0.15, 0.2) is 0 Å². The van der Waals surface area contributed by atoms with Crippen LogP contribution < -0.4 is 10.2 Å². The summed E-state index contributed by atoms with van der Waals surface area (Å²) in [5.41, 5.74) is -1.80. The van der Waals surface area contributed by atoms with Crippen molar-refractivity contribution in [2.75, 3.05) is 0 Å². The minimum atomic E-state index is -1.80. The first-order valence-corrected chi connectivity index (χ1v) is 11.9. The van der Waals surface area contributed by atoms with Crippen LogP contribution in [-0.2, 0) is 9.59 Å². The molecule has 4 nitrogen and oxygen atoms in total. The van der Waals surface area contributed by atoms with Gasteiger partial charge in [-0.25, -0.2) is 0 Å². The molecule has 0 amide bonds. The molecule has 0 aromatic carbocycles. The van der Waals surface area contributed by atoms with E-state index in [9.17, 15) is 19.8 Å². The Balaban J connectivity index is 0. The van der Waals surface area contributed by atoms with E-state index in [1.165, 1.54) is 57.8 Å². The molecule has 0 N–H and O–H groups in total. The van der Waals surface area contributed by atoms with Gasteiger partial charge in [-0.3, -0.25) is 0 Å². The zero-order valence-electron chi connectivity index (χ0n) is 19.3. The van der Waals surface area contributed by atoms with Crippen LogP contribution in [0.2, 0.25) is 0 Å². The summed E-state index contributed by atoms with van der Waals surface area (Å²) in [4.78, 5) is 23.3. The topological polar surface area (TPSA) is 80.3 Å². The average molecular weight is 421 g/mol. The van der Waals surface area contributed by atoms with Crippen LogP contribution in [0.1, 0.15) is 136 Å². The summed E-state index contributed by atoms with van der Waals surface area (Å²) in [6.07, 6.45) is 18.9. The first kappa shape index (κ1) is 30.9. The Morgan fingerprint density at radius 2 is 0.759 bits per heavy atom. The number of carboxylic acids is 2. The molecule has 0 aromatic heterocycles. The van der Waals surface area contributed by atoms with Gasteiger partial charge >= 0.3 is 23.1 Å². The molecule has 166 valence electrons. The molecule has 0 bridgehead atoms. The summed E-state index contributed by atoms with van der Waals surface area (Å²) < 4.78 is 0. The number of aliphatic carboxylic acids is 2. The van der Waals surface area contributed by atoms with Crippen molar-refractivity contribution >= 4 is 35.0 Å². The molecule has 0 aliphatic carbocycles. The molecule has 0 atom stereocenters. The van der Waals surface area contributed by atoms with Crippen LogP contribution in [-0.4, -0.2) is 35.0 Å². The number of carboxylic acid groups (broad SMARTS) is 2. The molecule has 0 saturated carbocycles. The molecule has 29 heavy (non-hydrogen) atoms. The van der Waals surface area contributed by atoms with E-state index in [1.807, 2.05) is 0 Å². The molecular weight excluding hydrogens is 377 g/mol. The van der Waals surface area contributed by atoms with Crippen LogP contribution in [0.3, 0.4) is 0 Å². The van der Waals surface area contributed by atoms with E-state index in [4.69, 9.17) is 0 Å². The standard InChI is InChI=1S/C24H46O4.Mg/c1-3-5-7-9-11-12-13-15-17-19-21-24(22(25)26,23(27)28)20-18-16-14-10-8-6-4-2;/h3-21H2,1-2H3,(H,25,26)(H,27,28);/q;+2/p-2. The first-order valence-electron chi connectivity index (χ1n) is 11.9. The van der Waals surface area contributed by atoms with E-state index in [1.54, 1.807) is 0 Å². The number of unbranched alkanes of at least 4 members (excludes halogenated alkanes) is 15. The Hall–Kier alpha value is -0.294. The van der Waals surface area contributed by atoms with Gasteiger partial charge in [-0.1, -0.05) is 123 Å². The number of hydrogen-bond acceptors (Lipinski definition) is 4. The van der Waals surface area contributed by atoms with Gasteiger partial charge in [-0.2, -0.15) is 0 Å². The third-order valence-electron chi connectivity index (χ3n) is 5.95. The quantitative estimate of drug-likeness (QED) is 0.155. The second kappa shape index (κ2) is 21.0. The maximum atomic E-state index is 11.6. The van der Waals surface area contributed by atoms with E-state index in [2.05, 4.69) is 13.8 Å². The Bertz CT molecular complexity index is 384. The smallest absolute Gasteiger partial charge is 0.549 e. The summed E-state index contributed by atoms with van der Waals surface area (Å²) in [6.45, 7) is 4.38. The normalized spacial score (nSPS) is 11.2. The maximum absolute atomic E-state index is 11.6. The Labute approximate surface area is 195 Å². The summed E-state index contributed by atoms with van der Waals surface area (Å²) in [6, 6.07) is 0. The minimum absolute atomic E-state index is 0. The number of hydrogen-bond donors (Lipinski definition) is 0. The molecule has 0 heterocycles.